The van der Waals surface area contributed by atoms with Gasteiger partial charge < -0.3 is 4.74 Å². The fourth-order valence-corrected chi connectivity index (χ4v) is 1.21. The van der Waals surface area contributed by atoms with E-state index in [2.05, 4.69) is 16.6 Å². The molecule has 1 rings (SSSR count). The summed E-state index contributed by atoms with van der Waals surface area (Å²) >= 11 is 0. The van der Waals surface area contributed by atoms with Gasteiger partial charge in [0.05, 0.1) is 12.7 Å². The highest BCUT2D eigenvalue weighted by molar-refractivity contribution is 5.88. The zero-order chi connectivity index (χ0) is 12.9. The smallest absolute Gasteiger partial charge is 0.416 e. The second kappa shape index (κ2) is 5.39. The summed E-state index contributed by atoms with van der Waals surface area (Å²) < 4.78 is 41.9. The monoisotopic (exact) mass is 242 g/mol. The first-order chi connectivity index (χ1) is 7.95. The van der Waals surface area contributed by atoms with Crippen LogP contribution in [0.5, 0.6) is 0 Å². The summed E-state index contributed by atoms with van der Waals surface area (Å²) in [5, 5.41) is 0. The Balaban J connectivity index is 2.91. The minimum Gasteiger partial charge on any atom is -0.459 e. The Kier molecular flexibility index (Phi) is 4.16. The van der Waals surface area contributed by atoms with Gasteiger partial charge in [-0.25, -0.2) is 4.79 Å². The Morgan fingerprint density at radius 1 is 1.35 bits per heavy atom. The van der Waals surface area contributed by atoms with Crippen molar-refractivity contribution in [2.45, 2.75) is 12.6 Å². The standard InChI is InChI=1S/C12H9F3O2/c1-17-11(16)8-4-6-9-5-2-3-7-10(9)12(13,14)15/h2-3,5,7H,6H2,1H3. The van der Waals surface area contributed by atoms with Crippen LogP contribution in [0.2, 0.25) is 0 Å². The van der Waals surface area contributed by atoms with Crippen molar-refractivity contribution in [3.05, 3.63) is 35.4 Å². The van der Waals surface area contributed by atoms with Gasteiger partial charge in [-0.15, -0.1) is 0 Å². The third-order valence-electron chi connectivity index (χ3n) is 1.98. The number of benzene rings is 1. The molecule has 2 nitrogen and oxygen atoms in total. The Labute approximate surface area is 96.4 Å². The number of halogens is 3. The van der Waals surface area contributed by atoms with Gasteiger partial charge in [-0.2, -0.15) is 13.2 Å². The molecule has 0 aliphatic carbocycles. The number of hydrogen-bond acceptors (Lipinski definition) is 2. The summed E-state index contributed by atoms with van der Waals surface area (Å²) in [7, 11) is 1.15. The molecular formula is C12H9F3O2. The number of ether oxygens (including phenoxy) is 1. The van der Waals surface area contributed by atoms with E-state index < -0.39 is 17.7 Å². The topological polar surface area (TPSA) is 26.3 Å². The summed E-state index contributed by atoms with van der Waals surface area (Å²) in [6.45, 7) is 0. The zero-order valence-corrected chi connectivity index (χ0v) is 8.97. The van der Waals surface area contributed by atoms with Gasteiger partial charge in [-0.3, -0.25) is 0 Å². The lowest BCUT2D eigenvalue weighted by molar-refractivity contribution is -0.138. The predicted molar refractivity (Wildman–Crippen MR) is 54.9 cm³/mol. The highest BCUT2D eigenvalue weighted by Gasteiger charge is 2.32. The number of carbonyl (C=O) groups is 1. The molecule has 90 valence electrons. The van der Waals surface area contributed by atoms with Crippen molar-refractivity contribution in [1.82, 2.24) is 0 Å². The summed E-state index contributed by atoms with van der Waals surface area (Å²) in [6, 6.07) is 5.11. The van der Waals surface area contributed by atoms with E-state index in [-0.39, 0.29) is 12.0 Å². The molecule has 0 atom stereocenters. The first-order valence-corrected chi connectivity index (χ1v) is 4.67. The molecule has 0 spiro atoms. The van der Waals surface area contributed by atoms with Gasteiger partial charge >= 0.3 is 12.1 Å². The van der Waals surface area contributed by atoms with Crippen molar-refractivity contribution >= 4 is 5.97 Å². The Bertz CT molecular complexity index is 467. The molecule has 0 amide bonds. The molecule has 0 radical (unpaired) electrons. The Morgan fingerprint density at radius 3 is 2.59 bits per heavy atom. The van der Waals surface area contributed by atoms with Crippen LogP contribution >= 0.6 is 0 Å². The summed E-state index contributed by atoms with van der Waals surface area (Å²) in [5.74, 6) is 3.65. The average Bonchev–Trinajstić information content (AvgIpc) is 2.28. The van der Waals surface area contributed by atoms with E-state index >= 15 is 0 Å². The van der Waals surface area contributed by atoms with Crippen LogP contribution in [0.25, 0.3) is 0 Å². The number of rotatable bonds is 1. The normalized spacial score (nSPS) is 10.4. The molecular weight excluding hydrogens is 233 g/mol. The van der Waals surface area contributed by atoms with Crippen molar-refractivity contribution in [2.75, 3.05) is 7.11 Å². The van der Waals surface area contributed by atoms with E-state index in [1.54, 1.807) is 0 Å². The molecule has 0 bridgehead atoms. The van der Waals surface area contributed by atoms with Crippen LogP contribution in [0.1, 0.15) is 11.1 Å². The van der Waals surface area contributed by atoms with Gasteiger partial charge in [0.15, 0.2) is 0 Å². The SMILES string of the molecule is COC(=O)C#CCc1ccccc1C(F)(F)F. The first-order valence-electron chi connectivity index (χ1n) is 4.67. The van der Waals surface area contributed by atoms with Gasteiger partial charge in [0.2, 0.25) is 0 Å². The van der Waals surface area contributed by atoms with Crippen LogP contribution in [0.15, 0.2) is 24.3 Å². The maximum Gasteiger partial charge on any atom is 0.416 e. The maximum atomic E-state index is 12.6. The third kappa shape index (κ3) is 3.83. The van der Waals surface area contributed by atoms with Crippen molar-refractivity contribution in [2.24, 2.45) is 0 Å². The minimum absolute atomic E-state index is 0.0383. The lowest BCUT2D eigenvalue weighted by Crippen LogP contribution is -2.08. The van der Waals surface area contributed by atoms with Gasteiger partial charge in [0.25, 0.3) is 0 Å². The average molecular weight is 242 g/mol. The van der Waals surface area contributed by atoms with Crippen LogP contribution in [0.4, 0.5) is 13.2 Å². The van der Waals surface area contributed by atoms with Gasteiger partial charge in [-0.1, -0.05) is 24.1 Å². The van der Waals surface area contributed by atoms with E-state index in [0.29, 0.717) is 0 Å². The fourth-order valence-electron chi connectivity index (χ4n) is 1.21. The van der Waals surface area contributed by atoms with E-state index in [9.17, 15) is 18.0 Å². The number of methoxy groups -OCH3 is 1. The van der Waals surface area contributed by atoms with E-state index in [1.165, 1.54) is 18.2 Å². The highest BCUT2D eigenvalue weighted by atomic mass is 19.4. The van der Waals surface area contributed by atoms with Crippen molar-refractivity contribution in [3.63, 3.8) is 0 Å². The molecule has 17 heavy (non-hydrogen) atoms. The minimum atomic E-state index is -4.41. The van der Waals surface area contributed by atoms with E-state index in [1.807, 2.05) is 0 Å². The fraction of sp³-hybridized carbons (Fsp3) is 0.250. The van der Waals surface area contributed by atoms with E-state index in [4.69, 9.17) is 0 Å². The second-order valence-corrected chi connectivity index (χ2v) is 3.13. The van der Waals surface area contributed by atoms with Crippen molar-refractivity contribution in [3.8, 4) is 11.8 Å². The van der Waals surface area contributed by atoms with Crippen LogP contribution in [-0.4, -0.2) is 13.1 Å². The molecule has 0 fully saturated rings. The number of esters is 1. The molecule has 0 aliphatic heterocycles. The van der Waals surface area contributed by atoms with Crippen LogP contribution in [0.3, 0.4) is 0 Å². The summed E-state index contributed by atoms with van der Waals surface area (Å²) in [4.78, 5) is 10.7. The molecule has 0 N–H and O–H groups in total. The van der Waals surface area contributed by atoms with Crippen LogP contribution in [0, 0.1) is 11.8 Å². The molecule has 5 heteroatoms. The summed E-state index contributed by atoms with van der Waals surface area (Å²) in [6.07, 6.45) is -4.56. The molecule has 0 aliphatic rings. The first kappa shape index (κ1) is 13.1. The third-order valence-corrected chi connectivity index (χ3v) is 1.98. The van der Waals surface area contributed by atoms with Gasteiger partial charge in [0, 0.05) is 12.3 Å². The van der Waals surface area contributed by atoms with E-state index in [0.717, 1.165) is 13.2 Å². The van der Waals surface area contributed by atoms with Crippen LogP contribution < -0.4 is 0 Å². The largest absolute Gasteiger partial charge is 0.459 e. The lowest BCUT2D eigenvalue weighted by atomic mass is 10.0. The Hall–Kier alpha value is -1.96. The summed E-state index contributed by atoms with van der Waals surface area (Å²) in [5.41, 5.74) is -0.699. The molecule has 1 aromatic rings. The second-order valence-electron chi connectivity index (χ2n) is 3.13. The molecule has 0 heterocycles. The zero-order valence-electron chi connectivity index (χ0n) is 8.97. The van der Waals surface area contributed by atoms with Crippen molar-refractivity contribution in [1.29, 1.82) is 0 Å². The molecule has 0 saturated heterocycles. The quantitative estimate of drug-likeness (QED) is 0.429. The number of alkyl halides is 3. The molecule has 1 aromatic carbocycles. The Morgan fingerprint density at radius 2 is 2.00 bits per heavy atom. The highest BCUT2D eigenvalue weighted by Crippen LogP contribution is 2.31. The molecule has 0 saturated carbocycles. The van der Waals surface area contributed by atoms with Crippen molar-refractivity contribution < 1.29 is 22.7 Å². The maximum absolute atomic E-state index is 12.6. The van der Waals surface area contributed by atoms with Crippen LogP contribution in [-0.2, 0) is 22.1 Å². The lowest BCUT2D eigenvalue weighted by Gasteiger charge is -2.10. The predicted octanol–water partition coefficient (Wildman–Crippen LogP) is 2.42. The molecule has 0 unspecified atom stereocenters. The van der Waals surface area contributed by atoms with Gasteiger partial charge in [-0.05, 0) is 11.6 Å². The van der Waals surface area contributed by atoms with Gasteiger partial charge in [0.1, 0.15) is 0 Å². The number of carbonyl (C=O) groups excluding carboxylic acids is 1. The number of hydrogen-bond donors (Lipinski definition) is 0. The molecule has 0 aromatic heterocycles.